The van der Waals surface area contributed by atoms with Gasteiger partial charge in [0, 0.05) is 88.3 Å². The van der Waals surface area contributed by atoms with Crippen molar-refractivity contribution in [3.8, 4) is 0 Å². The molecule has 20 rings (SSSR count). The van der Waals surface area contributed by atoms with Gasteiger partial charge >= 0.3 is 118 Å². The van der Waals surface area contributed by atoms with Gasteiger partial charge in [-0.05, 0) is 291 Å². The van der Waals surface area contributed by atoms with Crippen LogP contribution in [0.25, 0.3) is 185 Å². The van der Waals surface area contributed by atoms with Crippen molar-refractivity contribution in [1.29, 1.82) is 0 Å². The van der Waals surface area contributed by atoms with Gasteiger partial charge in [-0.25, -0.2) is 39.9 Å². The molecule has 0 atom stereocenters. The second-order valence-electron chi connectivity index (χ2n) is 23.6. The van der Waals surface area contributed by atoms with E-state index in [0.717, 1.165) is 179 Å². The Morgan fingerprint density at radius 1 is 0.120 bits per heavy atom. The quantitative estimate of drug-likeness (QED) is 0.0766. The van der Waals surface area contributed by atoms with Gasteiger partial charge in [0.05, 0.1) is 91.1 Å². The molecule has 20 heterocycles. The summed E-state index contributed by atoms with van der Waals surface area (Å²) in [6, 6.07) is 65.4. The number of rotatable bonds is 0. The van der Waals surface area contributed by atoms with Crippen molar-refractivity contribution >= 4 is 185 Å². The van der Waals surface area contributed by atoms with Gasteiger partial charge < -0.3 is 39.9 Å². The zero-order valence-electron chi connectivity index (χ0n) is 55.3. The largest absolute Gasteiger partial charge is 1.00 e. The Bertz CT molecular complexity index is 4710. The molecule has 0 unspecified atom stereocenters. The SMILES string of the molecule is C1=Cc2cc3ccc(cc4nc(cc5ccc(cc1n2)[nH]5)C=C4)[nH]3.C1=Cc2cc3ccc(cc4nc(cc5ccc(cc1n2)[nH]5)C=C4)[nH]3.C1=Cc2cc3ccc(cc4nc(cc5ccc(cc1n2)[nH]5)C=C4)[nH]3.C1=Cc2cc3ccc(cc4nc(cc5ccc(cc1n2)[nH]5)C=C4)[nH]3.[Na+].[Na+].[Na+].[Na+]. The van der Waals surface area contributed by atoms with E-state index in [-0.39, 0.29) is 118 Å². The van der Waals surface area contributed by atoms with Crippen LogP contribution >= 0.6 is 0 Å². The zero-order valence-corrected chi connectivity index (χ0v) is 63.3. The maximum atomic E-state index is 4.63. The van der Waals surface area contributed by atoms with Crippen LogP contribution in [0.5, 0.6) is 0 Å². The van der Waals surface area contributed by atoms with Crippen molar-refractivity contribution in [1.82, 2.24) is 79.7 Å². The van der Waals surface area contributed by atoms with Crippen LogP contribution in [0, 0.1) is 0 Å². The first-order valence-electron chi connectivity index (χ1n) is 31.4. The van der Waals surface area contributed by atoms with Gasteiger partial charge in [0.25, 0.3) is 0 Å². The fourth-order valence-corrected chi connectivity index (χ4v) is 11.8. The fraction of sp³-hybridized carbons (Fsp3) is 0. The predicted molar refractivity (Wildman–Crippen MR) is 395 cm³/mol. The summed E-state index contributed by atoms with van der Waals surface area (Å²) in [5.74, 6) is 0. The molecular formula is C80H56N16Na4+4. The van der Waals surface area contributed by atoms with Crippen molar-refractivity contribution in [2.75, 3.05) is 0 Å². The Labute approximate surface area is 661 Å². The third-order valence-electron chi connectivity index (χ3n) is 16.2. The summed E-state index contributed by atoms with van der Waals surface area (Å²) in [5, 5.41) is 0. The second kappa shape index (κ2) is 30.9. The molecule has 0 fully saturated rings. The molecular weight excluding hydrogens is 1280 g/mol. The number of fused-ring (bicyclic) bond motifs is 32. The van der Waals surface area contributed by atoms with Crippen LogP contribution in [0.4, 0.5) is 0 Å². The third kappa shape index (κ3) is 17.2. The van der Waals surface area contributed by atoms with Gasteiger partial charge in [-0.3, -0.25) is 0 Å². The number of hydrogen-bond acceptors (Lipinski definition) is 8. The molecule has 456 valence electrons. The monoisotopic (exact) mass is 1330 g/mol. The van der Waals surface area contributed by atoms with Crippen LogP contribution in [0.2, 0.25) is 0 Å². The van der Waals surface area contributed by atoms with Crippen molar-refractivity contribution in [2.24, 2.45) is 0 Å². The molecule has 100 heavy (non-hydrogen) atoms. The smallest absolute Gasteiger partial charge is 0.355 e. The summed E-state index contributed by atoms with van der Waals surface area (Å²) < 4.78 is 0. The summed E-state index contributed by atoms with van der Waals surface area (Å²) in [6.45, 7) is 0. The van der Waals surface area contributed by atoms with E-state index in [1.165, 1.54) is 0 Å². The fourth-order valence-electron chi connectivity index (χ4n) is 11.8. The van der Waals surface area contributed by atoms with Gasteiger partial charge in [-0.15, -0.1) is 0 Å². The molecule has 0 aliphatic carbocycles. The number of H-pyrrole nitrogens is 8. The molecule has 12 aromatic rings. The third-order valence-corrected chi connectivity index (χ3v) is 16.2. The summed E-state index contributed by atoms with van der Waals surface area (Å²) >= 11 is 0. The maximum Gasteiger partial charge on any atom is 1.00 e. The maximum absolute atomic E-state index is 4.63. The first-order chi connectivity index (χ1) is 47.2. The molecule has 0 saturated heterocycles. The van der Waals surface area contributed by atoms with Crippen molar-refractivity contribution in [3.05, 3.63) is 285 Å². The van der Waals surface area contributed by atoms with E-state index in [2.05, 4.69) is 177 Å². The molecule has 0 saturated carbocycles. The van der Waals surface area contributed by atoms with Gasteiger partial charge in [0.1, 0.15) is 0 Å². The Hall–Kier alpha value is -9.60. The molecule has 12 aromatic heterocycles. The van der Waals surface area contributed by atoms with Crippen LogP contribution in [-0.2, 0) is 0 Å². The van der Waals surface area contributed by atoms with Crippen LogP contribution in [0.15, 0.2) is 194 Å². The molecule has 8 aliphatic heterocycles. The average Bonchev–Trinajstić information content (AvgIpc) is 1.72. The van der Waals surface area contributed by atoms with Crippen molar-refractivity contribution in [2.45, 2.75) is 0 Å². The number of hydrogen-bond donors (Lipinski definition) is 8. The Morgan fingerprint density at radius 3 is 0.260 bits per heavy atom. The van der Waals surface area contributed by atoms with Gasteiger partial charge in [-0.2, -0.15) is 0 Å². The minimum atomic E-state index is 0. The predicted octanol–water partition coefficient (Wildman–Crippen LogP) is 6.64. The van der Waals surface area contributed by atoms with E-state index >= 15 is 0 Å². The van der Waals surface area contributed by atoms with Gasteiger partial charge in [0.15, 0.2) is 0 Å². The second-order valence-corrected chi connectivity index (χ2v) is 23.6. The van der Waals surface area contributed by atoms with Crippen LogP contribution in [-0.4, -0.2) is 79.7 Å². The topological polar surface area (TPSA) is 229 Å². The molecule has 0 amide bonds. The minimum absolute atomic E-state index is 0. The van der Waals surface area contributed by atoms with E-state index in [4.69, 9.17) is 0 Å². The molecule has 20 heteroatoms. The average molecular weight is 1330 g/mol. The number of nitrogens with one attached hydrogen (secondary N) is 8. The molecule has 0 radical (unpaired) electrons. The summed E-state index contributed by atoms with van der Waals surface area (Å²) in [6.07, 6.45) is 32.4. The zero-order chi connectivity index (χ0) is 63.7. The van der Waals surface area contributed by atoms with Gasteiger partial charge in [-0.1, -0.05) is 0 Å². The molecule has 32 bridgehead atoms. The van der Waals surface area contributed by atoms with E-state index in [9.17, 15) is 0 Å². The normalized spacial score (nSPS) is 12.2. The molecule has 0 spiro atoms. The Morgan fingerprint density at radius 2 is 0.190 bits per heavy atom. The Kier molecular flexibility index (Phi) is 21.3. The van der Waals surface area contributed by atoms with Gasteiger partial charge in [0.2, 0.25) is 0 Å². The summed E-state index contributed by atoms with van der Waals surface area (Å²) in [5.41, 5.74) is 31.4. The standard InChI is InChI=1S/4C20H14N4.4Na/c4*1-2-14-10-16-5-6-18(23-16)12-20-8-7-19(24-20)11-17-4-3-15(22-17)9-13(1)21-14;;;;/h4*1-12,21,24H;;;;/q;;;;4*+1. The van der Waals surface area contributed by atoms with Crippen molar-refractivity contribution in [3.63, 3.8) is 0 Å². The molecule has 16 nitrogen and oxygen atoms in total. The van der Waals surface area contributed by atoms with Crippen LogP contribution < -0.4 is 118 Å². The summed E-state index contributed by atoms with van der Waals surface area (Å²) in [4.78, 5) is 64.1. The van der Waals surface area contributed by atoms with Crippen LogP contribution in [0.1, 0.15) is 91.1 Å². The summed E-state index contributed by atoms with van der Waals surface area (Å²) in [7, 11) is 0. The van der Waals surface area contributed by atoms with E-state index in [1.54, 1.807) is 0 Å². The number of aromatic amines is 8. The Balaban J connectivity index is 0.000000118. The first-order valence-corrected chi connectivity index (χ1v) is 31.4. The number of nitrogens with zero attached hydrogens (tertiary/aromatic N) is 8. The number of aromatic nitrogens is 16. The molecule has 0 aromatic carbocycles. The van der Waals surface area contributed by atoms with E-state index in [0.29, 0.717) is 0 Å². The minimum Gasteiger partial charge on any atom is -0.355 e. The van der Waals surface area contributed by atoms with E-state index < -0.39 is 0 Å². The first kappa shape index (κ1) is 68.9. The van der Waals surface area contributed by atoms with Crippen molar-refractivity contribution < 1.29 is 118 Å². The molecule has 8 aliphatic rings. The van der Waals surface area contributed by atoms with Crippen LogP contribution in [0.3, 0.4) is 0 Å². The van der Waals surface area contributed by atoms with E-state index in [1.807, 2.05) is 194 Å². The molecule has 8 N–H and O–H groups in total.